The molecule has 1 aliphatic rings. The predicted molar refractivity (Wildman–Crippen MR) is 45.1 cm³/mol. The summed E-state index contributed by atoms with van der Waals surface area (Å²) in [5.41, 5.74) is 8.60. The van der Waals surface area contributed by atoms with Gasteiger partial charge in [0.25, 0.3) is 0 Å². The topological polar surface area (TPSA) is 48.8 Å². The minimum atomic E-state index is 0.241. The standard InChI is InChI=1S/C8H15N3/c1-6-4-7(10-11-9)5-8(6,2)3/h6-7H,4-5H2,1-3H3/t6?,7-/m0/s1. The molecule has 3 nitrogen and oxygen atoms in total. The highest BCUT2D eigenvalue weighted by molar-refractivity contribution is 4.91. The van der Waals surface area contributed by atoms with Crippen molar-refractivity contribution in [2.45, 2.75) is 39.7 Å². The van der Waals surface area contributed by atoms with E-state index in [-0.39, 0.29) is 6.04 Å². The lowest BCUT2D eigenvalue weighted by Crippen LogP contribution is -2.13. The molecule has 1 rings (SSSR count). The fourth-order valence-electron chi connectivity index (χ4n) is 1.78. The fourth-order valence-corrected chi connectivity index (χ4v) is 1.78. The first-order valence-electron chi connectivity index (χ1n) is 4.10. The highest BCUT2D eigenvalue weighted by Gasteiger charge is 2.36. The van der Waals surface area contributed by atoms with Gasteiger partial charge in [-0.25, -0.2) is 0 Å². The third-order valence-corrected chi connectivity index (χ3v) is 2.94. The van der Waals surface area contributed by atoms with Crippen LogP contribution in [0, 0.1) is 11.3 Å². The third kappa shape index (κ3) is 1.66. The van der Waals surface area contributed by atoms with Gasteiger partial charge in [-0.3, -0.25) is 0 Å². The maximum absolute atomic E-state index is 8.24. The zero-order chi connectivity index (χ0) is 8.48. The molecule has 0 radical (unpaired) electrons. The Morgan fingerprint density at radius 1 is 1.55 bits per heavy atom. The van der Waals surface area contributed by atoms with Crippen molar-refractivity contribution in [3.8, 4) is 0 Å². The summed E-state index contributed by atoms with van der Waals surface area (Å²) in [7, 11) is 0. The van der Waals surface area contributed by atoms with E-state index < -0.39 is 0 Å². The van der Waals surface area contributed by atoms with Crippen LogP contribution in [0.25, 0.3) is 10.4 Å². The number of azide groups is 1. The van der Waals surface area contributed by atoms with Crippen molar-refractivity contribution in [1.29, 1.82) is 0 Å². The molecule has 0 aliphatic heterocycles. The Morgan fingerprint density at radius 3 is 2.55 bits per heavy atom. The maximum atomic E-state index is 8.24. The lowest BCUT2D eigenvalue weighted by atomic mass is 9.83. The number of hydrogen-bond acceptors (Lipinski definition) is 1. The van der Waals surface area contributed by atoms with E-state index >= 15 is 0 Å². The molecule has 2 atom stereocenters. The van der Waals surface area contributed by atoms with Crippen LogP contribution < -0.4 is 0 Å². The first-order valence-corrected chi connectivity index (χ1v) is 4.10. The van der Waals surface area contributed by atoms with Crippen molar-refractivity contribution in [2.24, 2.45) is 16.4 Å². The Labute approximate surface area is 67.4 Å². The number of rotatable bonds is 1. The van der Waals surface area contributed by atoms with E-state index in [9.17, 15) is 0 Å². The summed E-state index contributed by atoms with van der Waals surface area (Å²) < 4.78 is 0. The van der Waals surface area contributed by atoms with Gasteiger partial charge in [-0.1, -0.05) is 25.9 Å². The zero-order valence-corrected chi connectivity index (χ0v) is 7.41. The van der Waals surface area contributed by atoms with Gasteiger partial charge in [0.2, 0.25) is 0 Å². The molecule has 0 aromatic heterocycles. The van der Waals surface area contributed by atoms with Gasteiger partial charge in [0.15, 0.2) is 0 Å². The van der Waals surface area contributed by atoms with Crippen molar-refractivity contribution >= 4 is 0 Å². The Balaban J connectivity index is 2.64. The summed E-state index contributed by atoms with van der Waals surface area (Å²) in [5.74, 6) is 0.679. The second-order valence-corrected chi connectivity index (χ2v) is 4.19. The predicted octanol–water partition coefficient (Wildman–Crippen LogP) is 3.12. The molecule has 0 saturated heterocycles. The van der Waals surface area contributed by atoms with Crippen molar-refractivity contribution < 1.29 is 0 Å². The Hall–Kier alpha value is -0.690. The molecular formula is C8H15N3. The summed E-state index contributed by atoms with van der Waals surface area (Å²) in [6.07, 6.45) is 2.09. The largest absolute Gasteiger partial charge is 0.0906 e. The maximum Gasteiger partial charge on any atom is 0.0382 e. The highest BCUT2D eigenvalue weighted by Crippen LogP contribution is 2.43. The summed E-state index contributed by atoms with van der Waals surface area (Å²) >= 11 is 0. The number of nitrogens with zero attached hydrogens (tertiary/aromatic N) is 3. The van der Waals surface area contributed by atoms with Crippen molar-refractivity contribution in [3.05, 3.63) is 10.4 Å². The fraction of sp³-hybridized carbons (Fsp3) is 1.00. The molecule has 0 bridgehead atoms. The van der Waals surface area contributed by atoms with Crippen LogP contribution in [0.3, 0.4) is 0 Å². The zero-order valence-electron chi connectivity index (χ0n) is 7.41. The molecule has 1 unspecified atom stereocenters. The summed E-state index contributed by atoms with van der Waals surface area (Å²) in [6, 6.07) is 0.241. The molecular weight excluding hydrogens is 138 g/mol. The normalized spacial score (nSPS) is 34.8. The van der Waals surface area contributed by atoms with E-state index in [0.717, 1.165) is 12.8 Å². The average molecular weight is 153 g/mol. The number of hydrogen-bond donors (Lipinski definition) is 0. The van der Waals surface area contributed by atoms with Crippen molar-refractivity contribution in [2.75, 3.05) is 0 Å². The summed E-state index contributed by atoms with van der Waals surface area (Å²) in [6.45, 7) is 6.71. The summed E-state index contributed by atoms with van der Waals surface area (Å²) in [4.78, 5) is 2.84. The van der Waals surface area contributed by atoms with Gasteiger partial charge in [0.1, 0.15) is 0 Å². The molecule has 62 valence electrons. The summed E-state index contributed by atoms with van der Waals surface area (Å²) in [5, 5.41) is 3.75. The lowest BCUT2D eigenvalue weighted by Gasteiger charge is -2.22. The lowest BCUT2D eigenvalue weighted by molar-refractivity contribution is 0.280. The SMILES string of the molecule is CC1C[C@H](N=[N+]=[N-])CC1(C)C. The highest BCUT2D eigenvalue weighted by atomic mass is 15.1. The Morgan fingerprint density at radius 2 is 2.18 bits per heavy atom. The molecule has 1 saturated carbocycles. The molecule has 11 heavy (non-hydrogen) atoms. The van der Waals surface area contributed by atoms with Gasteiger partial charge < -0.3 is 0 Å². The van der Waals surface area contributed by atoms with Crippen LogP contribution in [0.2, 0.25) is 0 Å². The van der Waals surface area contributed by atoms with Gasteiger partial charge in [-0.2, -0.15) is 0 Å². The van der Waals surface area contributed by atoms with E-state index in [2.05, 4.69) is 30.8 Å². The van der Waals surface area contributed by atoms with Crippen LogP contribution in [0.15, 0.2) is 5.11 Å². The first kappa shape index (κ1) is 8.41. The van der Waals surface area contributed by atoms with Crippen molar-refractivity contribution in [3.63, 3.8) is 0 Å². The van der Waals surface area contributed by atoms with Crippen LogP contribution in [-0.2, 0) is 0 Å². The van der Waals surface area contributed by atoms with E-state index in [1.165, 1.54) is 0 Å². The van der Waals surface area contributed by atoms with Gasteiger partial charge >= 0.3 is 0 Å². The third-order valence-electron chi connectivity index (χ3n) is 2.94. The molecule has 1 aliphatic carbocycles. The second-order valence-electron chi connectivity index (χ2n) is 4.19. The van der Waals surface area contributed by atoms with E-state index in [1.54, 1.807) is 0 Å². The van der Waals surface area contributed by atoms with Gasteiger partial charge in [-0.15, -0.1) is 0 Å². The van der Waals surface area contributed by atoms with E-state index in [0.29, 0.717) is 11.3 Å². The second kappa shape index (κ2) is 2.74. The monoisotopic (exact) mass is 153 g/mol. The molecule has 0 amide bonds. The quantitative estimate of drug-likeness (QED) is 0.316. The van der Waals surface area contributed by atoms with Crippen LogP contribution in [0.4, 0.5) is 0 Å². The molecule has 0 aromatic carbocycles. The van der Waals surface area contributed by atoms with E-state index in [1.807, 2.05) is 0 Å². The average Bonchev–Trinajstić information content (AvgIpc) is 2.08. The molecule has 3 heteroatoms. The van der Waals surface area contributed by atoms with Gasteiger partial charge in [-0.05, 0) is 29.7 Å². The van der Waals surface area contributed by atoms with Crippen LogP contribution in [0.5, 0.6) is 0 Å². The van der Waals surface area contributed by atoms with Gasteiger partial charge in [0.05, 0.1) is 0 Å². The molecule has 0 heterocycles. The smallest absolute Gasteiger partial charge is 0.0382 e. The van der Waals surface area contributed by atoms with Gasteiger partial charge in [0, 0.05) is 11.0 Å². The van der Waals surface area contributed by atoms with E-state index in [4.69, 9.17) is 5.53 Å². The van der Waals surface area contributed by atoms with Crippen LogP contribution in [0.1, 0.15) is 33.6 Å². The van der Waals surface area contributed by atoms with Crippen LogP contribution >= 0.6 is 0 Å². The molecule has 0 N–H and O–H groups in total. The molecule has 0 aromatic rings. The molecule has 1 fully saturated rings. The first-order chi connectivity index (χ1) is 5.06. The Kier molecular flexibility index (Phi) is 2.10. The van der Waals surface area contributed by atoms with Crippen LogP contribution in [-0.4, -0.2) is 6.04 Å². The molecule has 0 spiro atoms. The Bertz CT molecular complexity index is 192. The van der Waals surface area contributed by atoms with Crippen molar-refractivity contribution in [1.82, 2.24) is 0 Å². The minimum absolute atomic E-state index is 0.241. The minimum Gasteiger partial charge on any atom is -0.0906 e.